The second-order valence-corrected chi connectivity index (χ2v) is 4.42. The van der Waals surface area contributed by atoms with Crippen LogP contribution in [0.15, 0.2) is 29.3 Å². The van der Waals surface area contributed by atoms with Gasteiger partial charge in [-0.1, -0.05) is 6.07 Å². The molecule has 1 heterocycles. The van der Waals surface area contributed by atoms with E-state index in [0.29, 0.717) is 11.5 Å². The van der Waals surface area contributed by atoms with Gasteiger partial charge in [0.2, 0.25) is 0 Å². The van der Waals surface area contributed by atoms with E-state index in [9.17, 15) is 4.79 Å². The molecule has 0 aliphatic rings. The van der Waals surface area contributed by atoms with E-state index < -0.39 is 6.04 Å². The Hall–Kier alpha value is -2.28. The summed E-state index contributed by atoms with van der Waals surface area (Å²) in [5.41, 5.74) is 6.74. The lowest BCUT2D eigenvalue weighted by atomic mass is 10.1. The van der Waals surface area contributed by atoms with Gasteiger partial charge in [0.15, 0.2) is 0 Å². The molecule has 0 saturated heterocycles. The number of benzene rings is 1. The van der Waals surface area contributed by atoms with Gasteiger partial charge in [0, 0.05) is 18.7 Å². The van der Waals surface area contributed by atoms with Crippen molar-refractivity contribution in [2.75, 3.05) is 14.2 Å². The Balaban J connectivity index is 2.27. The number of aromatic nitrogens is 3. The minimum absolute atomic E-state index is 0.201. The van der Waals surface area contributed by atoms with Gasteiger partial charge >= 0.3 is 5.69 Å². The number of aryl methyl sites for hydroxylation is 1. The van der Waals surface area contributed by atoms with Crippen LogP contribution in [0.3, 0.4) is 0 Å². The molecule has 7 heteroatoms. The smallest absolute Gasteiger partial charge is 0.345 e. The third-order valence-corrected chi connectivity index (χ3v) is 3.10. The highest BCUT2D eigenvalue weighted by Crippen LogP contribution is 2.28. The topological polar surface area (TPSA) is 84.3 Å². The van der Waals surface area contributed by atoms with E-state index in [-0.39, 0.29) is 12.2 Å². The van der Waals surface area contributed by atoms with Crippen molar-refractivity contribution in [2.45, 2.75) is 12.6 Å². The monoisotopic (exact) mass is 278 g/mol. The number of rotatable bonds is 5. The highest BCUT2D eigenvalue weighted by molar-refractivity contribution is 5.42. The summed E-state index contributed by atoms with van der Waals surface area (Å²) in [4.78, 5) is 11.7. The van der Waals surface area contributed by atoms with E-state index >= 15 is 0 Å². The third-order valence-electron chi connectivity index (χ3n) is 3.10. The molecule has 1 atom stereocenters. The fraction of sp³-hybridized carbons (Fsp3) is 0.385. The fourth-order valence-corrected chi connectivity index (χ4v) is 1.96. The van der Waals surface area contributed by atoms with Crippen molar-refractivity contribution in [1.82, 2.24) is 14.3 Å². The molecule has 0 aliphatic carbocycles. The first kappa shape index (κ1) is 14.1. The average molecular weight is 278 g/mol. The lowest BCUT2D eigenvalue weighted by Gasteiger charge is -2.16. The third kappa shape index (κ3) is 2.67. The number of ether oxygens (including phenoxy) is 2. The number of hydrogen-bond acceptors (Lipinski definition) is 5. The van der Waals surface area contributed by atoms with Crippen LogP contribution in [0.1, 0.15) is 11.6 Å². The first-order chi connectivity index (χ1) is 9.56. The number of nitrogens with two attached hydrogens (primary N) is 1. The summed E-state index contributed by atoms with van der Waals surface area (Å²) in [7, 11) is 4.80. The predicted molar refractivity (Wildman–Crippen MR) is 73.9 cm³/mol. The molecule has 1 aromatic heterocycles. The molecule has 1 aromatic carbocycles. The van der Waals surface area contributed by atoms with Crippen molar-refractivity contribution in [1.29, 1.82) is 0 Å². The van der Waals surface area contributed by atoms with Crippen LogP contribution in [0.2, 0.25) is 0 Å². The lowest BCUT2D eigenvalue weighted by Crippen LogP contribution is -2.28. The van der Waals surface area contributed by atoms with E-state index in [1.54, 1.807) is 33.4 Å². The summed E-state index contributed by atoms with van der Waals surface area (Å²) < 4.78 is 13.2. The second kappa shape index (κ2) is 5.79. The van der Waals surface area contributed by atoms with Crippen LogP contribution in [-0.2, 0) is 13.6 Å². The molecule has 0 bridgehead atoms. The summed E-state index contributed by atoms with van der Waals surface area (Å²) in [5.74, 6) is 1.31. The maximum Gasteiger partial charge on any atom is 0.345 e. The van der Waals surface area contributed by atoms with E-state index in [0.717, 1.165) is 5.56 Å². The molecule has 2 aromatic rings. The van der Waals surface area contributed by atoms with Crippen LogP contribution >= 0.6 is 0 Å². The zero-order valence-electron chi connectivity index (χ0n) is 11.7. The van der Waals surface area contributed by atoms with Crippen LogP contribution in [-0.4, -0.2) is 28.6 Å². The summed E-state index contributed by atoms with van der Waals surface area (Å²) in [6.45, 7) is 0.280. The number of methoxy groups -OCH3 is 2. The van der Waals surface area contributed by atoms with Gasteiger partial charge < -0.3 is 15.2 Å². The van der Waals surface area contributed by atoms with Crippen LogP contribution in [0, 0.1) is 0 Å². The zero-order chi connectivity index (χ0) is 14.7. The van der Waals surface area contributed by atoms with Crippen LogP contribution in [0.4, 0.5) is 0 Å². The van der Waals surface area contributed by atoms with Crippen LogP contribution < -0.4 is 20.9 Å². The SMILES string of the molecule is COc1ccc(C(N)Cn2ncn(C)c2=O)c(OC)c1. The lowest BCUT2D eigenvalue weighted by molar-refractivity contribution is 0.384. The van der Waals surface area contributed by atoms with Crippen LogP contribution in [0.25, 0.3) is 0 Å². The zero-order valence-corrected chi connectivity index (χ0v) is 11.7. The summed E-state index contributed by atoms with van der Waals surface area (Å²) in [5, 5.41) is 3.99. The average Bonchev–Trinajstić information content (AvgIpc) is 2.78. The molecule has 0 radical (unpaired) electrons. The molecule has 108 valence electrons. The Morgan fingerprint density at radius 2 is 2.10 bits per heavy atom. The Kier molecular flexibility index (Phi) is 4.09. The van der Waals surface area contributed by atoms with Gasteiger partial charge in [-0.3, -0.25) is 4.57 Å². The van der Waals surface area contributed by atoms with Gasteiger partial charge in [0.05, 0.1) is 26.8 Å². The van der Waals surface area contributed by atoms with Gasteiger partial charge in [0.1, 0.15) is 17.8 Å². The largest absolute Gasteiger partial charge is 0.497 e. The van der Waals surface area contributed by atoms with Gasteiger partial charge in [-0.25, -0.2) is 9.48 Å². The second-order valence-electron chi connectivity index (χ2n) is 4.42. The van der Waals surface area contributed by atoms with E-state index in [4.69, 9.17) is 15.2 Å². The Morgan fingerprint density at radius 3 is 2.65 bits per heavy atom. The standard InChI is InChI=1S/C13H18N4O3/c1-16-8-15-17(13(16)18)7-11(14)10-5-4-9(19-2)6-12(10)20-3/h4-6,8,11H,7,14H2,1-3H3. The molecular formula is C13H18N4O3. The van der Waals surface area contributed by atoms with E-state index in [1.807, 2.05) is 6.07 Å². The molecule has 20 heavy (non-hydrogen) atoms. The van der Waals surface area contributed by atoms with Crippen molar-refractivity contribution in [3.63, 3.8) is 0 Å². The number of nitrogens with zero attached hydrogens (tertiary/aromatic N) is 3. The minimum atomic E-state index is -0.400. The molecule has 7 nitrogen and oxygen atoms in total. The molecule has 0 spiro atoms. The van der Waals surface area contributed by atoms with Crippen LogP contribution in [0.5, 0.6) is 11.5 Å². The van der Waals surface area contributed by atoms with Crippen molar-refractivity contribution in [2.24, 2.45) is 12.8 Å². The fourth-order valence-electron chi connectivity index (χ4n) is 1.96. The highest BCUT2D eigenvalue weighted by Gasteiger charge is 2.15. The summed E-state index contributed by atoms with van der Waals surface area (Å²) in [6.07, 6.45) is 1.46. The molecule has 0 amide bonds. The van der Waals surface area contributed by atoms with E-state index in [1.165, 1.54) is 15.6 Å². The van der Waals surface area contributed by atoms with Crippen molar-refractivity contribution in [3.8, 4) is 11.5 Å². The van der Waals surface area contributed by atoms with E-state index in [2.05, 4.69) is 5.10 Å². The molecular weight excluding hydrogens is 260 g/mol. The quantitative estimate of drug-likeness (QED) is 0.850. The normalized spacial score (nSPS) is 12.2. The number of hydrogen-bond donors (Lipinski definition) is 1. The first-order valence-corrected chi connectivity index (χ1v) is 6.12. The molecule has 1 unspecified atom stereocenters. The Bertz CT molecular complexity index is 647. The molecule has 2 N–H and O–H groups in total. The summed E-state index contributed by atoms with van der Waals surface area (Å²) in [6, 6.07) is 4.99. The predicted octanol–water partition coefficient (Wildman–Crippen LogP) is 0.299. The molecule has 0 fully saturated rings. The van der Waals surface area contributed by atoms with Gasteiger partial charge in [-0.05, 0) is 6.07 Å². The maximum atomic E-state index is 11.7. The van der Waals surface area contributed by atoms with Crippen molar-refractivity contribution >= 4 is 0 Å². The van der Waals surface area contributed by atoms with Gasteiger partial charge in [-0.15, -0.1) is 0 Å². The van der Waals surface area contributed by atoms with Gasteiger partial charge in [-0.2, -0.15) is 5.10 Å². The molecule has 0 aliphatic heterocycles. The Labute approximate surface area is 116 Å². The Morgan fingerprint density at radius 1 is 1.35 bits per heavy atom. The maximum absolute atomic E-state index is 11.7. The van der Waals surface area contributed by atoms with Crippen molar-refractivity contribution < 1.29 is 9.47 Å². The molecule has 2 rings (SSSR count). The van der Waals surface area contributed by atoms with Crippen molar-refractivity contribution in [3.05, 3.63) is 40.6 Å². The minimum Gasteiger partial charge on any atom is -0.497 e. The first-order valence-electron chi connectivity index (χ1n) is 6.12. The highest BCUT2D eigenvalue weighted by atomic mass is 16.5. The molecule has 0 saturated carbocycles. The summed E-state index contributed by atoms with van der Waals surface area (Å²) >= 11 is 0. The van der Waals surface area contributed by atoms with Gasteiger partial charge in [0.25, 0.3) is 0 Å².